The Morgan fingerprint density at radius 1 is 0.889 bits per heavy atom. The molecule has 0 radical (unpaired) electrons. The number of rotatable bonds is 9. The average molecular weight is 394 g/mol. The summed E-state index contributed by atoms with van der Waals surface area (Å²) < 4.78 is 44.3. The Bertz CT molecular complexity index is 847. The Balaban J connectivity index is 2.34. The zero-order valence-electron chi connectivity index (χ0n) is 16.4. The third kappa shape index (κ3) is 5.37. The molecule has 1 N–H and O–H groups in total. The SMILES string of the molecule is COc1ccc([C@@H](CC(C)C)NS(=O)(=O)c2ccc(OC)c(OC)c2)cc1. The van der Waals surface area contributed by atoms with Crippen molar-refractivity contribution < 1.29 is 22.6 Å². The fourth-order valence-electron chi connectivity index (χ4n) is 2.80. The van der Waals surface area contributed by atoms with Crippen LogP contribution in [0.4, 0.5) is 0 Å². The summed E-state index contributed by atoms with van der Waals surface area (Å²) in [6.07, 6.45) is 0.666. The van der Waals surface area contributed by atoms with Gasteiger partial charge >= 0.3 is 0 Å². The molecule has 1 atom stereocenters. The standard InChI is InChI=1S/C20H27NO5S/c1-14(2)12-18(15-6-8-16(24-3)9-7-15)21-27(22,23)17-10-11-19(25-4)20(13-17)26-5/h6-11,13-14,18,21H,12H2,1-5H3/t18-/m1/s1. The number of methoxy groups -OCH3 is 3. The van der Waals surface area contributed by atoms with Crippen LogP contribution in [-0.4, -0.2) is 29.7 Å². The zero-order chi connectivity index (χ0) is 20.0. The van der Waals surface area contributed by atoms with Crippen LogP contribution in [0.1, 0.15) is 31.9 Å². The summed E-state index contributed by atoms with van der Waals surface area (Å²) >= 11 is 0. The van der Waals surface area contributed by atoms with Crippen molar-refractivity contribution >= 4 is 10.0 Å². The number of hydrogen-bond acceptors (Lipinski definition) is 5. The summed E-state index contributed by atoms with van der Waals surface area (Å²) in [5, 5.41) is 0. The van der Waals surface area contributed by atoms with E-state index in [0.29, 0.717) is 23.8 Å². The van der Waals surface area contributed by atoms with E-state index in [4.69, 9.17) is 14.2 Å². The van der Waals surface area contributed by atoms with Crippen LogP contribution in [0.15, 0.2) is 47.4 Å². The molecule has 0 bridgehead atoms. The van der Waals surface area contributed by atoms with Crippen molar-refractivity contribution in [1.82, 2.24) is 4.72 Å². The van der Waals surface area contributed by atoms with Gasteiger partial charge in [-0.05, 0) is 42.2 Å². The lowest BCUT2D eigenvalue weighted by atomic mass is 9.98. The Morgan fingerprint density at radius 2 is 1.52 bits per heavy atom. The van der Waals surface area contributed by atoms with Gasteiger partial charge in [-0.25, -0.2) is 13.1 Å². The molecule has 0 amide bonds. The predicted octanol–water partition coefficient (Wildman–Crippen LogP) is 3.78. The van der Waals surface area contributed by atoms with Crippen molar-refractivity contribution in [3.8, 4) is 17.2 Å². The molecule has 7 heteroatoms. The van der Waals surface area contributed by atoms with Crippen LogP contribution in [0.25, 0.3) is 0 Å². The molecule has 0 aliphatic carbocycles. The predicted molar refractivity (Wildman–Crippen MR) is 105 cm³/mol. The third-order valence-electron chi connectivity index (χ3n) is 4.19. The molecule has 148 valence electrons. The maximum absolute atomic E-state index is 13.0. The maximum atomic E-state index is 13.0. The van der Waals surface area contributed by atoms with Gasteiger partial charge in [-0.2, -0.15) is 0 Å². The van der Waals surface area contributed by atoms with E-state index in [2.05, 4.69) is 18.6 Å². The minimum Gasteiger partial charge on any atom is -0.497 e. The maximum Gasteiger partial charge on any atom is 0.241 e. The summed E-state index contributed by atoms with van der Waals surface area (Å²) in [6.45, 7) is 4.11. The molecule has 0 unspecified atom stereocenters. The number of ether oxygens (including phenoxy) is 3. The van der Waals surface area contributed by atoms with Crippen molar-refractivity contribution in [2.45, 2.75) is 31.2 Å². The van der Waals surface area contributed by atoms with Gasteiger partial charge in [0.15, 0.2) is 11.5 Å². The van der Waals surface area contributed by atoms with Gasteiger partial charge in [0.1, 0.15) is 5.75 Å². The number of benzene rings is 2. The highest BCUT2D eigenvalue weighted by atomic mass is 32.2. The molecule has 0 aliphatic rings. The van der Waals surface area contributed by atoms with E-state index >= 15 is 0 Å². The molecule has 0 saturated carbocycles. The summed E-state index contributed by atoms with van der Waals surface area (Å²) in [7, 11) is 0.834. The van der Waals surface area contributed by atoms with E-state index in [-0.39, 0.29) is 10.9 Å². The number of nitrogens with one attached hydrogen (secondary N) is 1. The smallest absolute Gasteiger partial charge is 0.241 e. The van der Waals surface area contributed by atoms with Crippen molar-refractivity contribution in [2.24, 2.45) is 5.92 Å². The summed E-state index contributed by atoms with van der Waals surface area (Å²) in [4.78, 5) is 0.127. The highest BCUT2D eigenvalue weighted by Crippen LogP contribution is 2.31. The Morgan fingerprint density at radius 3 is 2.04 bits per heavy atom. The molecule has 0 heterocycles. The molecule has 2 aromatic carbocycles. The molecule has 6 nitrogen and oxygen atoms in total. The minimum absolute atomic E-state index is 0.127. The Hall–Kier alpha value is -2.25. The van der Waals surface area contributed by atoms with Gasteiger partial charge in [-0.3, -0.25) is 0 Å². The van der Waals surface area contributed by atoms with Gasteiger partial charge in [0.05, 0.1) is 26.2 Å². The topological polar surface area (TPSA) is 73.9 Å². The van der Waals surface area contributed by atoms with Gasteiger partial charge in [0.25, 0.3) is 0 Å². The highest BCUT2D eigenvalue weighted by Gasteiger charge is 2.23. The van der Waals surface area contributed by atoms with E-state index in [9.17, 15) is 8.42 Å². The van der Waals surface area contributed by atoms with Crippen LogP contribution in [0.3, 0.4) is 0 Å². The molecule has 27 heavy (non-hydrogen) atoms. The lowest BCUT2D eigenvalue weighted by molar-refractivity contribution is 0.354. The molecule has 2 aromatic rings. The minimum atomic E-state index is -3.74. The van der Waals surface area contributed by atoms with Crippen LogP contribution < -0.4 is 18.9 Å². The van der Waals surface area contributed by atoms with Crippen LogP contribution in [0.2, 0.25) is 0 Å². The summed E-state index contributed by atoms with van der Waals surface area (Å²) in [5.74, 6) is 1.88. The molecule has 0 aliphatic heterocycles. The quantitative estimate of drug-likeness (QED) is 0.702. The first kappa shape index (κ1) is 21.1. The fourth-order valence-corrected chi connectivity index (χ4v) is 4.05. The first-order valence-corrected chi connectivity index (χ1v) is 10.2. The summed E-state index contributed by atoms with van der Waals surface area (Å²) in [5.41, 5.74) is 0.883. The first-order valence-electron chi connectivity index (χ1n) is 8.69. The first-order chi connectivity index (χ1) is 12.8. The normalized spacial score (nSPS) is 12.7. The van der Waals surface area contributed by atoms with Gasteiger partial charge in [0, 0.05) is 12.1 Å². The van der Waals surface area contributed by atoms with E-state index in [0.717, 1.165) is 11.3 Å². The van der Waals surface area contributed by atoms with Crippen molar-refractivity contribution in [3.05, 3.63) is 48.0 Å². The lowest BCUT2D eigenvalue weighted by Crippen LogP contribution is -2.29. The molecule has 0 fully saturated rings. The highest BCUT2D eigenvalue weighted by molar-refractivity contribution is 7.89. The van der Waals surface area contributed by atoms with Crippen molar-refractivity contribution in [1.29, 1.82) is 0 Å². The van der Waals surface area contributed by atoms with Crippen LogP contribution in [0, 0.1) is 5.92 Å². The van der Waals surface area contributed by atoms with E-state index in [1.807, 2.05) is 24.3 Å². The second-order valence-corrected chi connectivity index (χ2v) is 8.31. The van der Waals surface area contributed by atoms with Gasteiger partial charge < -0.3 is 14.2 Å². The van der Waals surface area contributed by atoms with E-state index in [1.165, 1.54) is 26.4 Å². The van der Waals surface area contributed by atoms with E-state index < -0.39 is 10.0 Å². The number of sulfonamides is 1. The largest absolute Gasteiger partial charge is 0.497 e. The van der Waals surface area contributed by atoms with Crippen LogP contribution in [-0.2, 0) is 10.0 Å². The zero-order valence-corrected chi connectivity index (χ0v) is 17.2. The van der Waals surface area contributed by atoms with Crippen LogP contribution >= 0.6 is 0 Å². The van der Waals surface area contributed by atoms with Crippen LogP contribution in [0.5, 0.6) is 17.2 Å². The monoisotopic (exact) mass is 393 g/mol. The van der Waals surface area contributed by atoms with Crippen molar-refractivity contribution in [2.75, 3.05) is 21.3 Å². The lowest BCUT2D eigenvalue weighted by Gasteiger charge is -2.22. The van der Waals surface area contributed by atoms with Gasteiger partial charge in [-0.1, -0.05) is 26.0 Å². The Labute approximate surface area is 161 Å². The Kier molecular flexibility index (Phi) is 7.10. The third-order valence-corrected chi connectivity index (χ3v) is 5.66. The second kappa shape index (κ2) is 9.10. The average Bonchev–Trinajstić information content (AvgIpc) is 2.66. The van der Waals surface area contributed by atoms with E-state index in [1.54, 1.807) is 13.2 Å². The van der Waals surface area contributed by atoms with Crippen molar-refractivity contribution in [3.63, 3.8) is 0 Å². The molecule has 0 aromatic heterocycles. The molecule has 0 saturated heterocycles. The van der Waals surface area contributed by atoms with Gasteiger partial charge in [-0.15, -0.1) is 0 Å². The molecular formula is C20H27NO5S. The number of hydrogen-bond donors (Lipinski definition) is 1. The molecule has 0 spiro atoms. The van der Waals surface area contributed by atoms with Gasteiger partial charge in [0.2, 0.25) is 10.0 Å². The second-order valence-electron chi connectivity index (χ2n) is 6.59. The molecule has 2 rings (SSSR count). The molecular weight excluding hydrogens is 366 g/mol. The summed E-state index contributed by atoms with van der Waals surface area (Å²) in [6, 6.07) is 11.6. The fraction of sp³-hybridized carbons (Fsp3) is 0.400.